The molecule has 2 rings (SSSR count). The lowest BCUT2D eigenvalue weighted by molar-refractivity contribution is -0.125. The Morgan fingerprint density at radius 1 is 1.39 bits per heavy atom. The normalized spacial score (nSPS) is 18.1. The second kappa shape index (κ2) is 4.24. The van der Waals surface area contributed by atoms with Crippen molar-refractivity contribution < 1.29 is 14.0 Å². The molecule has 3 amide bonds. The van der Waals surface area contributed by atoms with Crippen molar-refractivity contribution in [1.82, 2.24) is 10.2 Å². The molecule has 1 aliphatic heterocycles. The second-order valence-corrected chi connectivity index (χ2v) is 5.06. The minimum absolute atomic E-state index is 0.0277. The molecule has 1 N–H and O–H groups in total. The molecular weight excluding hydrogens is 259 g/mol. The first-order valence-corrected chi connectivity index (χ1v) is 5.77. The second-order valence-electron chi connectivity index (χ2n) is 4.65. The van der Waals surface area contributed by atoms with E-state index >= 15 is 0 Å². The number of urea groups is 1. The Bertz CT molecular complexity index is 531. The highest BCUT2D eigenvalue weighted by Crippen LogP contribution is 2.24. The molecule has 0 bridgehead atoms. The van der Waals surface area contributed by atoms with Crippen LogP contribution in [0.1, 0.15) is 19.4 Å². The van der Waals surface area contributed by atoms with Crippen molar-refractivity contribution >= 4 is 23.5 Å². The van der Waals surface area contributed by atoms with E-state index in [4.69, 9.17) is 11.6 Å². The van der Waals surface area contributed by atoms with Crippen molar-refractivity contribution in [2.75, 3.05) is 0 Å². The van der Waals surface area contributed by atoms with E-state index in [2.05, 4.69) is 5.32 Å². The van der Waals surface area contributed by atoms with E-state index < -0.39 is 17.4 Å². The van der Waals surface area contributed by atoms with Gasteiger partial charge in [0.05, 0.1) is 5.02 Å². The molecule has 0 aromatic heterocycles. The van der Waals surface area contributed by atoms with Crippen LogP contribution >= 0.6 is 11.6 Å². The molecule has 0 aliphatic carbocycles. The summed E-state index contributed by atoms with van der Waals surface area (Å²) in [6.07, 6.45) is 0. The minimum Gasteiger partial charge on any atom is -0.306 e. The van der Waals surface area contributed by atoms with Gasteiger partial charge in [0.2, 0.25) is 0 Å². The van der Waals surface area contributed by atoms with Crippen LogP contribution in [0.25, 0.3) is 0 Å². The number of nitrogens with one attached hydrogen (secondary N) is 1. The van der Waals surface area contributed by atoms with Crippen molar-refractivity contribution in [3.05, 3.63) is 34.6 Å². The van der Waals surface area contributed by atoms with Crippen LogP contribution in [0.5, 0.6) is 0 Å². The van der Waals surface area contributed by atoms with Gasteiger partial charge in [-0.3, -0.25) is 10.1 Å². The molecule has 1 fully saturated rings. The first-order chi connectivity index (χ1) is 8.32. The fourth-order valence-electron chi connectivity index (χ4n) is 1.78. The Labute approximate surface area is 109 Å². The van der Waals surface area contributed by atoms with E-state index in [1.165, 1.54) is 17.0 Å². The average molecular weight is 271 g/mol. The highest BCUT2D eigenvalue weighted by Gasteiger charge is 2.45. The third-order valence-corrected chi connectivity index (χ3v) is 3.33. The number of halogens is 2. The van der Waals surface area contributed by atoms with E-state index in [0.29, 0.717) is 5.56 Å². The molecule has 1 aliphatic rings. The van der Waals surface area contributed by atoms with Crippen molar-refractivity contribution in [1.29, 1.82) is 0 Å². The number of carbonyl (C=O) groups excluding carboxylic acids is 2. The SMILES string of the molecule is CC1(C)C(=O)NC(=O)N1Cc1ccc(Cl)c(F)c1. The Hall–Kier alpha value is -1.62. The molecule has 0 unspecified atom stereocenters. The quantitative estimate of drug-likeness (QED) is 0.839. The molecule has 1 aromatic rings. The van der Waals surface area contributed by atoms with Crippen molar-refractivity contribution in [2.45, 2.75) is 25.9 Å². The maximum absolute atomic E-state index is 13.3. The van der Waals surface area contributed by atoms with Gasteiger partial charge in [-0.1, -0.05) is 17.7 Å². The number of amides is 3. The minimum atomic E-state index is -0.937. The summed E-state index contributed by atoms with van der Waals surface area (Å²) in [5.74, 6) is -0.903. The Balaban J connectivity index is 2.26. The van der Waals surface area contributed by atoms with Gasteiger partial charge in [-0.05, 0) is 31.5 Å². The molecule has 0 spiro atoms. The van der Waals surface area contributed by atoms with Crippen LogP contribution in [0.4, 0.5) is 9.18 Å². The summed E-state index contributed by atoms with van der Waals surface area (Å²) >= 11 is 5.58. The smallest absolute Gasteiger partial charge is 0.306 e. The number of hydrogen-bond acceptors (Lipinski definition) is 2. The number of benzene rings is 1. The highest BCUT2D eigenvalue weighted by atomic mass is 35.5. The zero-order chi connectivity index (χ0) is 13.5. The summed E-state index contributed by atoms with van der Waals surface area (Å²) in [4.78, 5) is 24.5. The van der Waals surface area contributed by atoms with Gasteiger partial charge < -0.3 is 4.90 Å². The number of rotatable bonds is 2. The number of nitrogens with zero attached hydrogens (tertiary/aromatic N) is 1. The molecular formula is C12H12ClFN2O2. The average Bonchev–Trinajstić information content (AvgIpc) is 2.47. The molecule has 1 saturated heterocycles. The predicted molar refractivity (Wildman–Crippen MR) is 64.6 cm³/mol. The van der Waals surface area contributed by atoms with Gasteiger partial charge in [-0.15, -0.1) is 0 Å². The van der Waals surface area contributed by atoms with Gasteiger partial charge in [0.1, 0.15) is 11.4 Å². The van der Waals surface area contributed by atoms with Crippen LogP contribution in [-0.2, 0) is 11.3 Å². The molecule has 6 heteroatoms. The molecule has 0 radical (unpaired) electrons. The molecule has 1 heterocycles. The molecule has 1 aromatic carbocycles. The third kappa shape index (κ3) is 2.06. The van der Waals surface area contributed by atoms with Crippen molar-refractivity contribution in [2.24, 2.45) is 0 Å². The standard InChI is InChI=1S/C12H12ClFN2O2/c1-12(2)10(17)15-11(18)16(12)6-7-3-4-8(13)9(14)5-7/h3-5H,6H2,1-2H3,(H,15,17,18). The molecule has 4 nitrogen and oxygen atoms in total. The van der Waals surface area contributed by atoms with Crippen LogP contribution in [0, 0.1) is 5.82 Å². The lowest BCUT2D eigenvalue weighted by atomic mass is 10.0. The first kappa shape index (κ1) is 12.8. The molecule has 0 atom stereocenters. The third-order valence-electron chi connectivity index (χ3n) is 3.02. The summed E-state index contributed by atoms with van der Waals surface area (Å²) in [6, 6.07) is 3.83. The number of imide groups is 1. The Morgan fingerprint density at radius 3 is 2.56 bits per heavy atom. The largest absolute Gasteiger partial charge is 0.325 e. The summed E-state index contributed by atoms with van der Waals surface area (Å²) in [5.41, 5.74) is -0.359. The number of carbonyl (C=O) groups is 2. The van der Waals surface area contributed by atoms with Crippen LogP contribution in [0.2, 0.25) is 5.02 Å². The lowest BCUT2D eigenvalue weighted by Gasteiger charge is -2.27. The summed E-state index contributed by atoms with van der Waals surface area (Å²) < 4.78 is 13.3. The van der Waals surface area contributed by atoms with E-state index in [0.717, 1.165) is 0 Å². The molecule has 96 valence electrons. The summed E-state index contributed by atoms with van der Waals surface area (Å²) in [7, 11) is 0. The Morgan fingerprint density at radius 2 is 2.06 bits per heavy atom. The van der Waals surface area contributed by atoms with E-state index in [1.807, 2.05) is 0 Å². The van der Waals surface area contributed by atoms with E-state index in [9.17, 15) is 14.0 Å². The van der Waals surface area contributed by atoms with Crippen molar-refractivity contribution in [3.8, 4) is 0 Å². The van der Waals surface area contributed by atoms with Gasteiger partial charge in [0.15, 0.2) is 0 Å². The van der Waals surface area contributed by atoms with Gasteiger partial charge in [-0.2, -0.15) is 0 Å². The predicted octanol–water partition coefficient (Wildman–Crippen LogP) is 2.31. The van der Waals surface area contributed by atoms with Gasteiger partial charge in [0.25, 0.3) is 5.91 Å². The van der Waals surface area contributed by atoms with Crippen LogP contribution in [0.3, 0.4) is 0 Å². The lowest BCUT2D eigenvalue weighted by Crippen LogP contribution is -2.43. The molecule has 18 heavy (non-hydrogen) atoms. The fraction of sp³-hybridized carbons (Fsp3) is 0.333. The highest BCUT2D eigenvalue weighted by molar-refractivity contribution is 6.30. The van der Waals surface area contributed by atoms with Gasteiger partial charge in [0, 0.05) is 6.54 Å². The van der Waals surface area contributed by atoms with Gasteiger partial charge >= 0.3 is 6.03 Å². The van der Waals surface area contributed by atoms with E-state index in [-0.39, 0.29) is 17.5 Å². The van der Waals surface area contributed by atoms with Gasteiger partial charge in [-0.25, -0.2) is 9.18 Å². The monoisotopic (exact) mass is 270 g/mol. The number of hydrogen-bond donors (Lipinski definition) is 1. The summed E-state index contributed by atoms with van der Waals surface area (Å²) in [5, 5.41) is 2.26. The van der Waals surface area contributed by atoms with Crippen LogP contribution < -0.4 is 5.32 Å². The Kier molecular flexibility index (Phi) is 3.02. The first-order valence-electron chi connectivity index (χ1n) is 5.39. The zero-order valence-corrected chi connectivity index (χ0v) is 10.7. The zero-order valence-electron chi connectivity index (χ0n) is 9.96. The van der Waals surface area contributed by atoms with E-state index in [1.54, 1.807) is 19.9 Å². The topological polar surface area (TPSA) is 49.4 Å². The maximum atomic E-state index is 13.3. The van der Waals surface area contributed by atoms with Crippen LogP contribution in [0.15, 0.2) is 18.2 Å². The summed E-state index contributed by atoms with van der Waals surface area (Å²) in [6.45, 7) is 3.43. The van der Waals surface area contributed by atoms with Crippen molar-refractivity contribution in [3.63, 3.8) is 0 Å². The van der Waals surface area contributed by atoms with Crippen LogP contribution in [-0.4, -0.2) is 22.4 Å². The molecule has 0 saturated carbocycles. The fourth-order valence-corrected chi connectivity index (χ4v) is 1.90. The maximum Gasteiger partial charge on any atom is 0.325 e.